The van der Waals surface area contributed by atoms with E-state index in [9.17, 15) is 4.79 Å². The van der Waals surface area contributed by atoms with Gasteiger partial charge in [-0.25, -0.2) is 0 Å². The average molecular weight is 214 g/mol. The molecule has 0 radical (unpaired) electrons. The van der Waals surface area contributed by atoms with Gasteiger partial charge in [0, 0.05) is 31.8 Å². The normalized spacial score (nSPS) is 9.07. The third-order valence-electron chi connectivity index (χ3n) is 2.01. The zero-order valence-electron chi connectivity index (χ0n) is 8.78. The van der Waals surface area contributed by atoms with Crippen LogP contribution >= 0.6 is 12.4 Å². The summed E-state index contributed by atoms with van der Waals surface area (Å²) in [7, 11) is 3.94. The highest BCUT2D eigenvalue weighted by Gasteiger charge is 2.03. The number of hydrogen-bond donors (Lipinski definition) is 0. The van der Waals surface area contributed by atoms with Crippen LogP contribution in [0.2, 0.25) is 0 Å². The number of nitrogens with zero attached hydrogens (tertiary/aromatic N) is 1. The Bertz CT molecular complexity index is 310. The smallest absolute Gasteiger partial charge is 0.162 e. The van der Waals surface area contributed by atoms with E-state index in [1.165, 1.54) is 0 Å². The largest absolute Gasteiger partial charge is 0.378 e. The van der Waals surface area contributed by atoms with Crippen LogP contribution in [0.3, 0.4) is 0 Å². The van der Waals surface area contributed by atoms with E-state index in [-0.39, 0.29) is 18.2 Å². The molecule has 0 spiro atoms. The van der Waals surface area contributed by atoms with E-state index in [0.29, 0.717) is 6.42 Å². The molecule has 0 fully saturated rings. The van der Waals surface area contributed by atoms with Crippen LogP contribution in [0.4, 0.5) is 5.69 Å². The van der Waals surface area contributed by atoms with E-state index in [2.05, 4.69) is 0 Å². The number of halogens is 1. The molecular weight excluding hydrogens is 198 g/mol. The Morgan fingerprint density at radius 1 is 1.36 bits per heavy atom. The van der Waals surface area contributed by atoms with Crippen LogP contribution in [0.25, 0.3) is 0 Å². The second-order valence-corrected chi connectivity index (χ2v) is 3.22. The van der Waals surface area contributed by atoms with E-state index in [4.69, 9.17) is 0 Å². The lowest BCUT2D eigenvalue weighted by Gasteiger charge is -2.12. The van der Waals surface area contributed by atoms with Gasteiger partial charge in [0.25, 0.3) is 0 Å². The Morgan fingerprint density at radius 2 is 2.00 bits per heavy atom. The first-order valence-electron chi connectivity index (χ1n) is 4.45. The molecule has 0 saturated heterocycles. The summed E-state index contributed by atoms with van der Waals surface area (Å²) in [6.45, 7) is 1.88. The van der Waals surface area contributed by atoms with Gasteiger partial charge in [-0.1, -0.05) is 19.1 Å². The molecule has 0 atom stereocenters. The van der Waals surface area contributed by atoms with Gasteiger partial charge in [-0.2, -0.15) is 0 Å². The van der Waals surface area contributed by atoms with Crippen LogP contribution in [0.1, 0.15) is 23.7 Å². The van der Waals surface area contributed by atoms with Gasteiger partial charge in [0.1, 0.15) is 0 Å². The van der Waals surface area contributed by atoms with Crippen molar-refractivity contribution in [3.05, 3.63) is 29.8 Å². The molecule has 0 amide bonds. The van der Waals surface area contributed by atoms with Gasteiger partial charge in [-0.05, 0) is 12.1 Å². The second-order valence-electron chi connectivity index (χ2n) is 3.22. The molecule has 0 N–H and O–H groups in total. The van der Waals surface area contributed by atoms with Crippen molar-refractivity contribution in [1.82, 2.24) is 0 Å². The fourth-order valence-electron chi connectivity index (χ4n) is 1.16. The minimum absolute atomic E-state index is 0. The molecule has 14 heavy (non-hydrogen) atoms. The topological polar surface area (TPSA) is 20.3 Å². The Kier molecular flexibility index (Phi) is 5.24. The van der Waals surface area contributed by atoms with Crippen molar-refractivity contribution < 1.29 is 4.79 Å². The molecule has 1 rings (SSSR count). The second kappa shape index (κ2) is 5.66. The standard InChI is InChI=1S/C11H15NO.ClH/c1-4-11(13)9-6-5-7-10(8-9)12(2)3;/h5-8H,4H2,1-3H3;1H. The average Bonchev–Trinajstić information content (AvgIpc) is 2.17. The molecule has 0 bridgehead atoms. The molecule has 0 aromatic heterocycles. The maximum atomic E-state index is 11.4. The van der Waals surface area contributed by atoms with Crippen LogP contribution in [0.5, 0.6) is 0 Å². The summed E-state index contributed by atoms with van der Waals surface area (Å²) in [5.41, 5.74) is 1.87. The quantitative estimate of drug-likeness (QED) is 0.720. The first-order chi connectivity index (χ1) is 6.15. The molecule has 0 saturated carbocycles. The number of anilines is 1. The SMILES string of the molecule is CCC(=O)c1cccc(N(C)C)c1.Cl. The predicted molar refractivity (Wildman–Crippen MR) is 62.6 cm³/mol. The first-order valence-corrected chi connectivity index (χ1v) is 4.45. The third-order valence-corrected chi connectivity index (χ3v) is 2.01. The number of hydrogen-bond acceptors (Lipinski definition) is 2. The highest BCUT2D eigenvalue weighted by Crippen LogP contribution is 2.14. The van der Waals surface area contributed by atoms with Gasteiger partial charge in [0.2, 0.25) is 0 Å². The van der Waals surface area contributed by atoms with E-state index >= 15 is 0 Å². The van der Waals surface area contributed by atoms with Crippen molar-refractivity contribution in [3.63, 3.8) is 0 Å². The van der Waals surface area contributed by atoms with Crippen molar-refractivity contribution in [2.45, 2.75) is 13.3 Å². The van der Waals surface area contributed by atoms with Crippen molar-refractivity contribution in [2.24, 2.45) is 0 Å². The Labute approximate surface area is 91.3 Å². The molecular formula is C11H16ClNO. The molecule has 0 unspecified atom stereocenters. The first kappa shape index (κ1) is 13.0. The molecule has 0 heterocycles. The summed E-state index contributed by atoms with van der Waals surface area (Å²) in [6, 6.07) is 7.69. The maximum absolute atomic E-state index is 11.4. The lowest BCUT2D eigenvalue weighted by Crippen LogP contribution is -2.09. The Morgan fingerprint density at radius 3 is 2.50 bits per heavy atom. The van der Waals surface area contributed by atoms with Crippen LogP contribution in [0.15, 0.2) is 24.3 Å². The minimum Gasteiger partial charge on any atom is -0.378 e. The zero-order chi connectivity index (χ0) is 9.84. The number of benzene rings is 1. The van der Waals surface area contributed by atoms with Gasteiger partial charge in [-0.3, -0.25) is 4.79 Å². The Balaban J connectivity index is 0.00000169. The summed E-state index contributed by atoms with van der Waals surface area (Å²) < 4.78 is 0. The van der Waals surface area contributed by atoms with Crippen molar-refractivity contribution in [1.29, 1.82) is 0 Å². The Hall–Kier alpha value is -1.02. The summed E-state index contributed by atoms with van der Waals surface area (Å²) in [6.07, 6.45) is 0.566. The van der Waals surface area contributed by atoms with Crippen LogP contribution in [0, 0.1) is 0 Å². The highest BCUT2D eigenvalue weighted by molar-refractivity contribution is 5.96. The number of rotatable bonds is 3. The van der Waals surface area contributed by atoms with Crippen LogP contribution in [-0.2, 0) is 0 Å². The monoisotopic (exact) mass is 213 g/mol. The van der Waals surface area contributed by atoms with Gasteiger partial charge < -0.3 is 4.90 Å². The van der Waals surface area contributed by atoms with Gasteiger partial charge in [0.05, 0.1) is 0 Å². The zero-order valence-corrected chi connectivity index (χ0v) is 9.60. The fraction of sp³-hybridized carbons (Fsp3) is 0.364. The molecule has 0 aliphatic rings. The molecule has 2 nitrogen and oxygen atoms in total. The molecule has 3 heteroatoms. The summed E-state index contributed by atoms with van der Waals surface area (Å²) >= 11 is 0. The van der Waals surface area contributed by atoms with Crippen molar-refractivity contribution >= 4 is 23.9 Å². The van der Waals surface area contributed by atoms with Crippen molar-refractivity contribution in [2.75, 3.05) is 19.0 Å². The van der Waals surface area contributed by atoms with E-state index in [1.807, 2.05) is 50.2 Å². The summed E-state index contributed by atoms with van der Waals surface area (Å²) in [5, 5.41) is 0. The lowest BCUT2D eigenvalue weighted by molar-refractivity contribution is 0.0988. The molecule has 1 aromatic carbocycles. The summed E-state index contributed by atoms with van der Waals surface area (Å²) in [4.78, 5) is 13.4. The number of Topliss-reactive ketones (excluding diaryl/α,β-unsaturated/α-hetero) is 1. The molecule has 0 aliphatic heterocycles. The van der Waals surface area contributed by atoms with Crippen LogP contribution < -0.4 is 4.90 Å². The van der Waals surface area contributed by atoms with Crippen molar-refractivity contribution in [3.8, 4) is 0 Å². The van der Waals surface area contributed by atoms with Crippen LogP contribution in [-0.4, -0.2) is 19.9 Å². The van der Waals surface area contributed by atoms with E-state index in [0.717, 1.165) is 11.3 Å². The molecule has 0 aliphatic carbocycles. The third kappa shape index (κ3) is 3.04. The number of ketones is 1. The molecule has 1 aromatic rings. The van der Waals surface area contributed by atoms with Gasteiger partial charge >= 0.3 is 0 Å². The fourth-order valence-corrected chi connectivity index (χ4v) is 1.16. The maximum Gasteiger partial charge on any atom is 0.162 e. The predicted octanol–water partition coefficient (Wildman–Crippen LogP) is 2.77. The summed E-state index contributed by atoms with van der Waals surface area (Å²) in [5.74, 6) is 0.198. The minimum atomic E-state index is 0. The number of carbonyl (C=O) groups excluding carboxylic acids is 1. The highest BCUT2D eigenvalue weighted by atomic mass is 35.5. The van der Waals surface area contributed by atoms with Gasteiger partial charge in [-0.15, -0.1) is 12.4 Å². The van der Waals surface area contributed by atoms with E-state index < -0.39 is 0 Å². The lowest BCUT2D eigenvalue weighted by atomic mass is 10.1. The van der Waals surface area contributed by atoms with Gasteiger partial charge in [0.15, 0.2) is 5.78 Å². The molecule has 78 valence electrons. The van der Waals surface area contributed by atoms with E-state index in [1.54, 1.807) is 0 Å². The number of carbonyl (C=O) groups is 1.